The highest BCUT2D eigenvalue weighted by atomic mass is 16.3. The SMILES string of the molecule is N#Cc1ccncc1Nc1ccc(CCO)cc1.O=CO. The fourth-order valence-electron chi connectivity index (χ4n) is 1.63. The van der Waals surface area contributed by atoms with E-state index in [-0.39, 0.29) is 13.1 Å². The highest BCUT2D eigenvalue weighted by Crippen LogP contribution is 2.19. The Balaban J connectivity index is 0.000000677. The Morgan fingerprint density at radius 1 is 1.29 bits per heavy atom. The zero-order valence-corrected chi connectivity index (χ0v) is 11.2. The number of anilines is 2. The summed E-state index contributed by atoms with van der Waals surface area (Å²) in [5.74, 6) is 0. The molecule has 0 amide bonds. The Bertz CT molecular complexity index is 606. The molecule has 3 N–H and O–H groups in total. The summed E-state index contributed by atoms with van der Waals surface area (Å²) in [6.07, 6.45) is 3.87. The fourth-order valence-corrected chi connectivity index (χ4v) is 1.63. The van der Waals surface area contributed by atoms with Crippen molar-refractivity contribution in [3.05, 3.63) is 53.9 Å². The van der Waals surface area contributed by atoms with E-state index in [1.165, 1.54) is 0 Å². The van der Waals surface area contributed by atoms with Crippen molar-refractivity contribution in [2.45, 2.75) is 6.42 Å². The molecule has 6 heteroatoms. The van der Waals surface area contributed by atoms with E-state index in [2.05, 4.69) is 16.4 Å². The first-order chi connectivity index (χ1) is 10.2. The van der Waals surface area contributed by atoms with Crippen molar-refractivity contribution >= 4 is 17.8 Å². The molecule has 0 aliphatic carbocycles. The number of nitrogens with zero attached hydrogens (tertiary/aromatic N) is 2. The van der Waals surface area contributed by atoms with Gasteiger partial charge in [-0.3, -0.25) is 9.78 Å². The molecule has 0 saturated carbocycles. The van der Waals surface area contributed by atoms with Crippen LogP contribution in [0, 0.1) is 11.3 Å². The number of aliphatic hydroxyl groups excluding tert-OH is 1. The van der Waals surface area contributed by atoms with Gasteiger partial charge < -0.3 is 15.5 Å². The lowest BCUT2D eigenvalue weighted by molar-refractivity contribution is -0.122. The molecule has 108 valence electrons. The monoisotopic (exact) mass is 285 g/mol. The number of aromatic nitrogens is 1. The highest BCUT2D eigenvalue weighted by Gasteiger charge is 2.01. The standard InChI is InChI=1S/C14H13N3O.CH2O2/c15-9-12-5-7-16-10-14(12)17-13-3-1-11(2-4-13)6-8-18;2-1-3/h1-5,7,10,17-18H,6,8H2;1H,(H,2,3). The van der Waals surface area contributed by atoms with Gasteiger partial charge in [-0.2, -0.15) is 5.26 Å². The topological polar surface area (TPSA) is 106 Å². The van der Waals surface area contributed by atoms with Crippen molar-refractivity contribution in [3.8, 4) is 6.07 Å². The number of pyridine rings is 1. The number of nitrogens with one attached hydrogen (secondary N) is 1. The maximum atomic E-state index is 8.96. The van der Waals surface area contributed by atoms with E-state index in [4.69, 9.17) is 20.3 Å². The molecule has 1 aromatic carbocycles. The number of carboxylic acid groups (broad SMARTS) is 1. The molecule has 2 rings (SSSR count). The molecule has 0 unspecified atom stereocenters. The number of rotatable bonds is 4. The Kier molecular flexibility index (Phi) is 6.97. The molecular weight excluding hydrogens is 270 g/mol. The van der Waals surface area contributed by atoms with Crippen LogP contribution in [0.15, 0.2) is 42.7 Å². The van der Waals surface area contributed by atoms with Gasteiger partial charge >= 0.3 is 0 Å². The summed E-state index contributed by atoms with van der Waals surface area (Å²) in [7, 11) is 0. The van der Waals surface area contributed by atoms with Crippen LogP contribution < -0.4 is 5.32 Å². The third kappa shape index (κ3) is 5.30. The summed E-state index contributed by atoms with van der Waals surface area (Å²) in [5.41, 5.74) is 3.22. The summed E-state index contributed by atoms with van der Waals surface area (Å²) >= 11 is 0. The molecular formula is C15H15N3O3. The lowest BCUT2D eigenvalue weighted by Gasteiger charge is -2.08. The molecule has 0 aliphatic heterocycles. The van der Waals surface area contributed by atoms with Crippen LogP contribution in [0.25, 0.3) is 0 Å². The predicted octanol–water partition coefficient (Wildman–Crippen LogP) is 1.93. The number of nitriles is 1. The second kappa shape index (κ2) is 9.07. The molecule has 0 fully saturated rings. The zero-order chi connectivity index (χ0) is 15.5. The van der Waals surface area contributed by atoms with E-state index in [0.29, 0.717) is 17.7 Å². The average molecular weight is 285 g/mol. The molecule has 0 spiro atoms. The van der Waals surface area contributed by atoms with E-state index in [1.807, 2.05) is 24.3 Å². The second-order valence-electron chi connectivity index (χ2n) is 3.93. The fraction of sp³-hybridized carbons (Fsp3) is 0.133. The van der Waals surface area contributed by atoms with Crippen molar-refractivity contribution in [2.75, 3.05) is 11.9 Å². The van der Waals surface area contributed by atoms with Crippen LogP contribution >= 0.6 is 0 Å². The minimum atomic E-state index is -0.250. The maximum absolute atomic E-state index is 8.96. The molecule has 0 bridgehead atoms. The third-order valence-corrected chi connectivity index (χ3v) is 2.57. The van der Waals surface area contributed by atoms with Crippen molar-refractivity contribution in [3.63, 3.8) is 0 Å². The van der Waals surface area contributed by atoms with Crippen LogP contribution in [0.2, 0.25) is 0 Å². The lowest BCUT2D eigenvalue weighted by atomic mass is 10.1. The van der Waals surface area contributed by atoms with Gasteiger partial charge in [0, 0.05) is 18.5 Å². The number of hydrogen-bond acceptors (Lipinski definition) is 5. The van der Waals surface area contributed by atoms with Gasteiger partial charge in [-0.25, -0.2) is 0 Å². The van der Waals surface area contributed by atoms with E-state index >= 15 is 0 Å². The Hall–Kier alpha value is -2.91. The molecule has 21 heavy (non-hydrogen) atoms. The minimum Gasteiger partial charge on any atom is -0.483 e. The molecule has 1 aromatic heterocycles. The van der Waals surface area contributed by atoms with Gasteiger partial charge in [-0.1, -0.05) is 12.1 Å². The van der Waals surface area contributed by atoms with Gasteiger partial charge in [0.2, 0.25) is 0 Å². The van der Waals surface area contributed by atoms with Crippen molar-refractivity contribution in [1.29, 1.82) is 5.26 Å². The van der Waals surface area contributed by atoms with Crippen LogP contribution in [0.3, 0.4) is 0 Å². The van der Waals surface area contributed by atoms with Crippen molar-refractivity contribution < 1.29 is 15.0 Å². The molecule has 6 nitrogen and oxygen atoms in total. The van der Waals surface area contributed by atoms with Gasteiger partial charge in [-0.15, -0.1) is 0 Å². The summed E-state index contributed by atoms with van der Waals surface area (Å²) in [6.45, 7) is -0.103. The van der Waals surface area contributed by atoms with E-state index in [1.54, 1.807) is 18.5 Å². The van der Waals surface area contributed by atoms with E-state index < -0.39 is 0 Å². The number of hydrogen-bond donors (Lipinski definition) is 3. The van der Waals surface area contributed by atoms with Gasteiger partial charge in [0.25, 0.3) is 6.47 Å². The zero-order valence-electron chi connectivity index (χ0n) is 11.2. The van der Waals surface area contributed by atoms with Crippen molar-refractivity contribution in [2.24, 2.45) is 0 Å². The Labute approximate surface area is 122 Å². The minimum absolute atomic E-state index is 0.147. The summed E-state index contributed by atoms with van der Waals surface area (Å²) in [6, 6.07) is 11.5. The van der Waals surface area contributed by atoms with Gasteiger partial charge in [-0.05, 0) is 30.2 Å². The van der Waals surface area contributed by atoms with Gasteiger partial charge in [0.15, 0.2) is 0 Å². The smallest absolute Gasteiger partial charge is 0.290 e. The van der Waals surface area contributed by atoms with E-state index in [0.717, 1.165) is 11.3 Å². The molecule has 2 aromatic rings. The first-order valence-corrected chi connectivity index (χ1v) is 6.14. The number of carbonyl (C=O) groups is 1. The summed E-state index contributed by atoms with van der Waals surface area (Å²) in [4.78, 5) is 12.4. The van der Waals surface area contributed by atoms with Crippen LogP contribution in [0.5, 0.6) is 0 Å². The molecule has 0 radical (unpaired) electrons. The molecule has 1 heterocycles. The third-order valence-electron chi connectivity index (χ3n) is 2.57. The summed E-state index contributed by atoms with van der Waals surface area (Å²) < 4.78 is 0. The maximum Gasteiger partial charge on any atom is 0.290 e. The second-order valence-corrected chi connectivity index (χ2v) is 3.93. The van der Waals surface area contributed by atoms with E-state index in [9.17, 15) is 0 Å². The van der Waals surface area contributed by atoms with Crippen LogP contribution in [0.4, 0.5) is 11.4 Å². The first kappa shape index (κ1) is 16.1. The quantitative estimate of drug-likeness (QED) is 0.741. The number of aliphatic hydroxyl groups is 1. The lowest BCUT2D eigenvalue weighted by Crippen LogP contribution is -1.95. The van der Waals surface area contributed by atoms with Crippen LogP contribution in [0.1, 0.15) is 11.1 Å². The normalized spacial score (nSPS) is 8.95. The van der Waals surface area contributed by atoms with Crippen LogP contribution in [-0.2, 0) is 11.2 Å². The first-order valence-electron chi connectivity index (χ1n) is 6.14. The predicted molar refractivity (Wildman–Crippen MR) is 78.2 cm³/mol. The van der Waals surface area contributed by atoms with Gasteiger partial charge in [0.05, 0.1) is 17.4 Å². The molecule has 0 aliphatic rings. The van der Waals surface area contributed by atoms with Gasteiger partial charge in [0.1, 0.15) is 6.07 Å². The highest BCUT2D eigenvalue weighted by molar-refractivity contribution is 5.65. The molecule has 0 saturated heterocycles. The Morgan fingerprint density at radius 2 is 1.95 bits per heavy atom. The van der Waals surface area contributed by atoms with Crippen molar-refractivity contribution in [1.82, 2.24) is 4.98 Å². The number of benzene rings is 1. The molecule has 0 atom stereocenters. The van der Waals surface area contributed by atoms with Crippen LogP contribution in [-0.4, -0.2) is 28.3 Å². The Morgan fingerprint density at radius 3 is 2.52 bits per heavy atom. The average Bonchev–Trinajstić information content (AvgIpc) is 2.51. The largest absolute Gasteiger partial charge is 0.483 e. The summed E-state index contributed by atoms with van der Waals surface area (Å²) in [5, 5.41) is 27.8.